The van der Waals surface area contributed by atoms with Crippen LogP contribution < -0.4 is 21.5 Å². The number of carbonyl (C=O) groups excluding carboxylic acids is 1. The summed E-state index contributed by atoms with van der Waals surface area (Å²) in [6.07, 6.45) is 2.29. The Morgan fingerprint density at radius 3 is 2.37 bits per heavy atom. The number of amides is 2. The van der Waals surface area contributed by atoms with Gasteiger partial charge in [-0.3, -0.25) is 9.35 Å². The number of benzene rings is 2. The van der Waals surface area contributed by atoms with Crippen LogP contribution in [0.15, 0.2) is 65.6 Å². The Balaban J connectivity index is 0.000000850. The van der Waals surface area contributed by atoms with Gasteiger partial charge in [-0.1, -0.05) is 18.2 Å². The number of rotatable bonds is 8. The molecule has 0 spiro atoms. The summed E-state index contributed by atoms with van der Waals surface area (Å²) in [7, 11) is -2.07. The third kappa shape index (κ3) is 8.79. The Bertz CT molecular complexity index is 1690. The highest BCUT2D eigenvalue weighted by Crippen LogP contribution is 2.29. The maximum absolute atomic E-state index is 14.9. The van der Waals surface area contributed by atoms with Gasteiger partial charge in [-0.2, -0.15) is 8.42 Å². The Morgan fingerprint density at radius 1 is 1.05 bits per heavy atom. The molecule has 2 aromatic carbocycles. The van der Waals surface area contributed by atoms with Gasteiger partial charge in [0.25, 0.3) is 15.7 Å². The van der Waals surface area contributed by atoms with Crippen molar-refractivity contribution in [2.75, 3.05) is 42.5 Å². The summed E-state index contributed by atoms with van der Waals surface area (Å²) in [5, 5.41) is 8.67. The van der Waals surface area contributed by atoms with Crippen molar-refractivity contribution in [2.24, 2.45) is 0 Å². The second-order valence-electron chi connectivity index (χ2n) is 8.65. The summed E-state index contributed by atoms with van der Waals surface area (Å²) in [6.45, 7) is 3.14. The SMILES string of the molecule is CCn1c(=O)c(-c2cc(NC(=O)Nc3ccccc3)c(F)cc2F)cc2cnc(NCCOC)cc21.CS(=O)(=O)O. The van der Waals surface area contributed by atoms with Crippen molar-refractivity contribution in [1.29, 1.82) is 0 Å². The van der Waals surface area contributed by atoms with Gasteiger partial charge >= 0.3 is 6.03 Å². The molecule has 2 amide bonds. The van der Waals surface area contributed by atoms with Gasteiger partial charge in [-0.15, -0.1) is 0 Å². The van der Waals surface area contributed by atoms with E-state index in [2.05, 4.69) is 20.9 Å². The van der Waals surface area contributed by atoms with Crippen LogP contribution in [0.2, 0.25) is 0 Å². The molecule has 0 saturated heterocycles. The smallest absolute Gasteiger partial charge is 0.323 e. The van der Waals surface area contributed by atoms with Crippen molar-refractivity contribution in [3.05, 3.63) is 82.8 Å². The highest BCUT2D eigenvalue weighted by atomic mass is 32.2. The van der Waals surface area contributed by atoms with E-state index in [0.29, 0.717) is 54.4 Å². The molecule has 218 valence electrons. The van der Waals surface area contributed by atoms with Crippen LogP contribution in [0.3, 0.4) is 0 Å². The van der Waals surface area contributed by atoms with E-state index in [0.717, 1.165) is 6.07 Å². The van der Waals surface area contributed by atoms with Crippen molar-refractivity contribution in [3.63, 3.8) is 0 Å². The van der Waals surface area contributed by atoms with Gasteiger partial charge in [0, 0.05) is 55.2 Å². The number of methoxy groups -OCH3 is 1. The van der Waals surface area contributed by atoms with E-state index in [9.17, 15) is 26.8 Å². The van der Waals surface area contributed by atoms with E-state index >= 15 is 0 Å². The van der Waals surface area contributed by atoms with E-state index in [1.165, 1.54) is 10.6 Å². The number of nitrogens with zero attached hydrogens (tertiary/aromatic N) is 2. The molecule has 4 N–H and O–H groups in total. The van der Waals surface area contributed by atoms with E-state index in [1.54, 1.807) is 56.6 Å². The summed E-state index contributed by atoms with van der Waals surface area (Å²) in [4.78, 5) is 30.1. The zero-order valence-corrected chi connectivity index (χ0v) is 23.3. The second-order valence-corrected chi connectivity index (χ2v) is 10.1. The lowest BCUT2D eigenvalue weighted by molar-refractivity contribution is 0.210. The lowest BCUT2D eigenvalue weighted by Crippen LogP contribution is -2.23. The normalized spacial score (nSPS) is 11.0. The largest absolute Gasteiger partial charge is 0.383 e. The molecule has 0 bridgehead atoms. The topological polar surface area (TPSA) is 152 Å². The standard InChI is InChI=1S/C26H25F2N5O3.CH4O3S/c1-3-33-23-14-24(29-9-10-36-2)30-15-16(23)11-19(25(33)34)18-12-22(21(28)13-20(18)27)32-26(35)31-17-7-5-4-6-8-17;1-5(2,3)4/h4-8,11-15H,3,9-10H2,1-2H3,(H,29,30)(H2,31,32,35);1H3,(H,2,3,4). The molecule has 0 aliphatic heterocycles. The first-order chi connectivity index (χ1) is 19.4. The molecule has 11 nitrogen and oxygen atoms in total. The predicted molar refractivity (Wildman–Crippen MR) is 154 cm³/mol. The first-order valence-electron chi connectivity index (χ1n) is 12.2. The lowest BCUT2D eigenvalue weighted by Gasteiger charge is -2.15. The quantitative estimate of drug-likeness (QED) is 0.172. The maximum atomic E-state index is 14.9. The monoisotopic (exact) mass is 589 g/mol. The lowest BCUT2D eigenvalue weighted by atomic mass is 10.0. The number of aromatic nitrogens is 2. The van der Waals surface area contributed by atoms with Gasteiger partial charge in [0.1, 0.15) is 17.5 Å². The minimum atomic E-state index is -3.67. The number of para-hydroxylation sites is 1. The summed E-state index contributed by atoms with van der Waals surface area (Å²) >= 11 is 0. The molecule has 4 aromatic rings. The average molecular weight is 590 g/mol. The Morgan fingerprint density at radius 2 is 1.73 bits per heavy atom. The minimum absolute atomic E-state index is 0.0234. The van der Waals surface area contributed by atoms with Crippen LogP contribution in [0.1, 0.15) is 6.92 Å². The molecule has 4 rings (SSSR count). The van der Waals surface area contributed by atoms with Crippen LogP contribution in [0.25, 0.3) is 22.0 Å². The van der Waals surface area contributed by atoms with Crippen molar-refractivity contribution in [3.8, 4) is 11.1 Å². The molecule has 2 heterocycles. The number of hydrogen-bond donors (Lipinski definition) is 4. The van der Waals surface area contributed by atoms with E-state index < -0.39 is 33.3 Å². The maximum Gasteiger partial charge on any atom is 0.323 e. The van der Waals surface area contributed by atoms with E-state index in [4.69, 9.17) is 9.29 Å². The van der Waals surface area contributed by atoms with Crippen LogP contribution in [0.4, 0.5) is 30.8 Å². The number of aryl methyl sites for hydroxylation is 1. The predicted octanol–water partition coefficient (Wildman–Crippen LogP) is 4.57. The molecular formula is C27H29F2N5O6S. The van der Waals surface area contributed by atoms with E-state index in [-0.39, 0.29) is 16.8 Å². The summed E-state index contributed by atoms with van der Waals surface area (Å²) in [6, 6.07) is 12.9. The first kappa shape index (κ1) is 31.1. The van der Waals surface area contributed by atoms with Crippen LogP contribution in [-0.2, 0) is 21.4 Å². The highest BCUT2D eigenvalue weighted by Gasteiger charge is 2.18. The highest BCUT2D eigenvalue weighted by molar-refractivity contribution is 7.85. The number of anilines is 3. The molecule has 41 heavy (non-hydrogen) atoms. The number of ether oxygens (including phenoxy) is 1. The summed E-state index contributed by atoms with van der Waals surface area (Å²) in [5.41, 5.74) is 0.284. The molecule has 0 unspecified atom stereocenters. The third-order valence-corrected chi connectivity index (χ3v) is 5.53. The summed E-state index contributed by atoms with van der Waals surface area (Å²) < 4.78 is 61.8. The fourth-order valence-electron chi connectivity index (χ4n) is 3.81. The van der Waals surface area contributed by atoms with Crippen molar-refractivity contribution in [2.45, 2.75) is 13.5 Å². The number of halogens is 2. The molecule has 0 radical (unpaired) electrons. The molecule has 2 aromatic heterocycles. The van der Waals surface area contributed by atoms with Crippen molar-refractivity contribution < 1.29 is 31.3 Å². The molecule has 0 fully saturated rings. The van der Waals surface area contributed by atoms with Crippen LogP contribution in [0, 0.1) is 11.6 Å². The minimum Gasteiger partial charge on any atom is -0.383 e. The fourth-order valence-corrected chi connectivity index (χ4v) is 3.81. The van der Waals surface area contributed by atoms with Crippen LogP contribution >= 0.6 is 0 Å². The third-order valence-electron chi connectivity index (χ3n) is 5.53. The average Bonchev–Trinajstić information content (AvgIpc) is 2.90. The van der Waals surface area contributed by atoms with Crippen molar-refractivity contribution in [1.82, 2.24) is 9.55 Å². The number of carbonyl (C=O) groups is 1. The molecular weight excluding hydrogens is 560 g/mol. The Labute approximate surface area is 234 Å². The Hall–Kier alpha value is -4.40. The van der Waals surface area contributed by atoms with Gasteiger partial charge in [0.15, 0.2) is 0 Å². The van der Waals surface area contributed by atoms with Gasteiger partial charge in [0.05, 0.1) is 29.6 Å². The number of fused-ring (bicyclic) bond motifs is 1. The molecule has 0 atom stereocenters. The second kappa shape index (κ2) is 13.8. The summed E-state index contributed by atoms with van der Waals surface area (Å²) in [5.74, 6) is -1.33. The zero-order chi connectivity index (χ0) is 30.2. The fraction of sp³-hybridized carbons (Fsp3) is 0.222. The Kier molecular flexibility index (Phi) is 10.5. The van der Waals surface area contributed by atoms with E-state index in [1.807, 2.05) is 0 Å². The molecule has 0 saturated carbocycles. The van der Waals surface area contributed by atoms with Gasteiger partial charge < -0.3 is 25.3 Å². The zero-order valence-electron chi connectivity index (χ0n) is 22.4. The van der Waals surface area contributed by atoms with Crippen LogP contribution in [-0.4, -0.2) is 55.1 Å². The van der Waals surface area contributed by atoms with Gasteiger partial charge in [0.2, 0.25) is 0 Å². The first-order valence-corrected chi connectivity index (χ1v) is 14.1. The number of nitrogens with one attached hydrogen (secondary N) is 3. The van der Waals surface area contributed by atoms with Gasteiger partial charge in [-0.05, 0) is 31.2 Å². The molecule has 14 heteroatoms. The van der Waals surface area contributed by atoms with Crippen LogP contribution in [0.5, 0.6) is 0 Å². The van der Waals surface area contributed by atoms with Gasteiger partial charge in [-0.25, -0.2) is 18.6 Å². The van der Waals surface area contributed by atoms with Crippen molar-refractivity contribution >= 4 is 44.2 Å². The number of pyridine rings is 2. The molecule has 0 aliphatic rings. The number of hydrogen-bond acceptors (Lipinski definition) is 7. The number of urea groups is 1. The molecule has 0 aliphatic carbocycles.